The summed E-state index contributed by atoms with van der Waals surface area (Å²) in [6.07, 6.45) is 3.45. The SMILES string of the molecule is CC(C)(C)c1ccc(C[C@@H](CC(=O)Nc2cnc3ccccc3c2)NC(=O)[C@@H](N)CCCN)cc1. The minimum atomic E-state index is -0.655. The Labute approximate surface area is 207 Å². The van der Waals surface area contributed by atoms with Gasteiger partial charge in [-0.2, -0.15) is 0 Å². The highest BCUT2D eigenvalue weighted by atomic mass is 16.2. The standard InChI is InChI=1S/C28H37N5O2/c1-28(2,3)21-12-10-19(11-13-21)15-22(33-27(35)24(30)8-6-14-29)17-26(34)32-23-16-20-7-4-5-9-25(20)31-18-23/h4-5,7,9-13,16,18,22,24H,6,8,14-15,17,29-30H2,1-3H3,(H,32,34)(H,33,35)/t22-,24-/m0/s1. The number of nitrogens with one attached hydrogen (secondary N) is 2. The number of anilines is 1. The minimum absolute atomic E-state index is 0.0513. The van der Waals surface area contributed by atoms with Crippen molar-refractivity contribution < 1.29 is 9.59 Å². The van der Waals surface area contributed by atoms with Gasteiger partial charge in [-0.15, -0.1) is 0 Å². The van der Waals surface area contributed by atoms with Crippen molar-refractivity contribution in [2.45, 2.75) is 64.0 Å². The zero-order valence-corrected chi connectivity index (χ0v) is 20.9. The van der Waals surface area contributed by atoms with Crippen LogP contribution >= 0.6 is 0 Å². The molecule has 2 atom stereocenters. The number of para-hydroxylation sites is 1. The molecule has 186 valence electrons. The number of carbonyl (C=O) groups is 2. The minimum Gasteiger partial charge on any atom is -0.351 e. The fraction of sp³-hybridized carbons (Fsp3) is 0.393. The average molecular weight is 476 g/mol. The van der Waals surface area contributed by atoms with E-state index in [4.69, 9.17) is 11.5 Å². The highest BCUT2D eigenvalue weighted by Crippen LogP contribution is 2.23. The van der Waals surface area contributed by atoms with Gasteiger partial charge in [0.05, 0.1) is 23.4 Å². The van der Waals surface area contributed by atoms with Crippen molar-refractivity contribution in [2.24, 2.45) is 11.5 Å². The van der Waals surface area contributed by atoms with Crippen LogP contribution in [-0.2, 0) is 21.4 Å². The third kappa shape index (κ3) is 7.87. The number of hydrogen-bond donors (Lipinski definition) is 4. The van der Waals surface area contributed by atoms with Gasteiger partial charge in [-0.1, -0.05) is 63.2 Å². The number of nitrogens with two attached hydrogens (primary N) is 2. The van der Waals surface area contributed by atoms with Crippen LogP contribution in [0.3, 0.4) is 0 Å². The molecule has 0 saturated carbocycles. The van der Waals surface area contributed by atoms with Crippen molar-refractivity contribution >= 4 is 28.4 Å². The van der Waals surface area contributed by atoms with Gasteiger partial charge in [-0.25, -0.2) is 0 Å². The second-order valence-corrected chi connectivity index (χ2v) is 10.1. The number of amides is 2. The molecular weight excluding hydrogens is 438 g/mol. The Morgan fingerprint density at radius 3 is 2.46 bits per heavy atom. The summed E-state index contributed by atoms with van der Waals surface area (Å²) in [5, 5.41) is 6.84. The van der Waals surface area contributed by atoms with E-state index in [0.717, 1.165) is 16.5 Å². The highest BCUT2D eigenvalue weighted by molar-refractivity contribution is 5.93. The Balaban J connectivity index is 1.71. The summed E-state index contributed by atoms with van der Waals surface area (Å²) >= 11 is 0. The van der Waals surface area contributed by atoms with E-state index in [0.29, 0.717) is 31.5 Å². The molecule has 2 amide bonds. The molecule has 0 saturated heterocycles. The molecule has 1 aromatic heterocycles. The van der Waals surface area contributed by atoms with Gasteiger partial charge in [0, 0.05) is 17.8 Å². The van der Waals surface area contributed by atoms with Gasteiger partial charge in [0.15, 0.2) is 0 Å². The molecule has 0 fully saturated rings. The quantitative estimate of drug-likeness (QED) is 0.356. The normalized spacial score (nSPS) is 13.3. The first-order chi connectivity index (χ1) is 16.7. The maximum absolute atomic E-state index is 12.9. The van der Waals surface area contributed by atoms with Gasteiger partial charge in [0.2, 0.25) is 11.8 Å². The number of fused-ring (bicyclic) bond motifs is 1. The summed E-state index contributed by atoms with van der Waals surface area (Å²) in [6, 6.07) is 16.9. The van der Waals surface area contributed by atoms with Gasteiger partial charge >= 0.3 is 0 Å². The second kappa shape index (κ2) is 11.9. The predicted octanol–water partition coefficient (Wildman–Crippen LogP) is 3.65. The summed E-state index contributed by atoms with van der Waals surface area (Å²) in [4.78, 5) is 30.0. The van der Waals surface area contributed by atoms with E-state index in [1.165, 1.54) is 5.56 Å². The number of rotatable bonds is 10. The molecule has 7 nitrogen and oxygen atoms in total. The molecule has 0 unspecified atom stereocenters. The van der Waals surface area contributed by atoms with Gasteiger partial charge in [0.1, 0.15) is 0 Å². The fourth-order valence-electron chi connectivity index (χ4n) is 3.95. The number of benzene rings is 2. The lowest BCUT2D eigenvalue weighted by atomic mass is 9.86. The molecule has 3 rings (SSSR count). The molecule has 2 aromatic carbocycles. The summed E-state index contributed by atoms with van der Waals surface area (Å²) in [5.74, 6) is -0.468. The first-order valence-corrected chi connectivity index (χ1v) is 12.2. The average Bonchev–Trinajstić information content (AvgIpc) is 2.82. The smallest absolute Gasteiger partial charge is 0.237 e. The number of carbonyl (C=O) groups excluding carboxylic acids is 2. The van der Waals surface area contributed by atoms with Crippen molar-refractivity contribution in [3.8, 4) is 0 Å². The van der Waals surface area contributed by atoms with Crippen molar-refractivity contribution in [3.05, 3.63) is 71.9 Å². The highest BCUT2D eigenvalue weighted by Gasteiger charge is 2.21. The maximum atomic E-state index is 12.9. The number of aromatic nitrogens is 1. The Hall–Kier alpha value is -3.29. The summed E-state index contributed by atoms with van der Waals surface area (Å²) in [5.41, 5.74) is 15.4. The van der Waals surface area contributed by atoms with E-state index in [1.807, 2.05) is 30.3 Å². The molecule has 6 N–H and O–H groups in total. The van der Waals surface area contributed by atoms with Crippen LogP contribution in [0.2, 0.25) is 0 Å². The van der Waals surface area contributed by atoms with E-state index < -0.39 is 12.1 Å². The van der Waals surface area contributed by atoms with Gasteiger partial charge in [-0.3, -0.25) is 14.6 Å². The Kier molecular flexibility index (Phi) is 8.95. The molecule has 3 aromatic rings. The van der Waals surface area contributed by atoms with Crippen LogP contribution in [0, 0.1) is 0 Å². The van der Waals surface area contributed by atoms with E-state index in [9.17, 15) is 9.59 Å². The van der Waals surface area contributed by atoms with Crippen LogP contribution in [0.1, 0.15) is 51.2 Å². The first-order valence-electron chi connectivity index (χ1n) is 12.2. The zero-order chi connectivity index (χ0) is 25.4. The monoisotopic (exact) mass is 475 g/mol. The predicted molar refractivity (Wildman–Crippen MR) is 142 cm³/mol. The lowest BCUT2D eigenvalue weighted by Crippen LogP contribution is -2.47. The van der Waals surface area contributed by atoms with Gasteiger partial charge < -0.3 is 22.1 Å². The summed E-state index contributed by atoms with van der Waals surface area (Å²) in [7, 11) is 0. The molecule has 0 aliphatic carbocycles. The Morgan fingerprint density at radius 1 is 1.06 bits per heavy atom. The van der Waals surface area contributed by atoms with Crippen molar-refractivity contribution in [1.29, 1.82) is 0 Å². The fourth-order valence-corrected chi connectivity index (χ4v) is 3.95. The van der Waals surface area contributed by atoms with Crippen LogP contribution in [0.15, 0.2) is 60.8 Å². The lowest BCUT2D eigenvalue weighted by Gasteiger charge is -2.22. The van der Waals surface area contributed by atoms with Gasteiger partial charge in [-0.05, 0) is 54.5 Å². The molecule has 0 bridgehead atoms. The molecular formula is C28H37N5O2. The molecule has 7 heteroatoms. The summed E-state index contributed by atoms with van der Waals surface area (Å²) in [6.45, 7) is 6.98. The Morgan fingerprint density at radius 2 is 1.77 bits per heavy atom. The largest absolute Gasteiger partial charge is 0.351 e. The van der Waals surface area contributed by atoms with Crippen LogP contribution in [0.4, 0.5) is 5.69 Å². The molecule has 0 radical (unpaired) electrons. The van der Waals surface area contributed by atoms with Crippen LogP contribution in [0.25, 0.3) is 10.9 Å². The van der Waals surface area contributed by atoms with Gasteiger partial charge in [0.25, 0.3) is 0 Å². The van der Waals surface area contributed by atoms with Crippen molar-refractivity contribution in [3.63, 3.8) is 0 Å². The van der Waals surface area contributed by atoms with Crippen LogP contribution in [0.5, 0.6) is 0 Å². The van der Waals surface area contributed by atoms with Crippen LogP contribution in [-0.4, -0.2) is 35.4 Å². The van der Waals surface area contributed by atoms with E-state index in [-0.39, 0.29) is 23.7 Å². The number of hydrogen-bond acceptors (Lipinski definition) is 5. The molecule has 35 heavy (non-hydrogen) atoms. The second-order valence-electron chi connectivity index (χ2n) is 10.1. The molecule has 0 aliphatic heterocycles. The maximum Gasteiger partial charge on any atom is 0.237 e. The summed E-state index contributed by atoms with van der Waals surface area (Å²) < 4.78 is 0. The number of nitrogens with zero attached hydrogens (tertiary/aromatic N) is 1. The van der Waals surface area contributed by atoms with E-state index in [2.05, 4.69) is 60.7 Å². The molecule has 1 heterocycles. The first kappa shape index (κ1) is 26.3. The van der Waals surface area contributed by atoms with Crippen molar-refractivity contribution in [2.75, 3.05) is 11.9 Å². The third-order valence-electron chi connectivity index (χ3n) is 6.01. The molecule has 0 spiro atoms. The number of pyridine rings is 1. The topological polar surface area (TPSA) is 123 Å². The third-order valence-corrected chi connectivity index (χ3v) is 6.01. The van der Waals surface area contributed by atoms with Crippen LogP contribution < -0.4 is 22.1 Å². The molecule has 0 aliphatic rings. The van der Waals surface area contributed by atoms with Crippen molar-refractivity contribution in [1.82, 2.24) is 10.3 Å². The van der Waals surface area contributed by atoms with E-state index in [1.54, 1.807) is 6.20 Å². The van der Waals surface area contributed by atoms with E-state index >= 15 is 0 Å². The lowest BCUT2D eigenvalue weighted by molar-refractivity contribution is -0.123. The Bertz CT molecular complexity index is 1140. The zero-order valence-electron chi connectivity index (χ0n) is 20.9.